The van der Waals surface area contributed by atoms with Crippen molar-refractivity contribution in [2.45, 2.75) is 56.5 Å². The van der Waals surface area contributed by atoms with Crippen molar-refractivity contribution in [3.8, 4) is 0 Å². The van der Waals surface area contributed by atoms with Crippen molar-refractivity contribution >= 4 is 15.7 Å². The monoisotopic (exact) mass is 367 g/mol. The molecule has 0 aromatic heterocycles. The number of sulfonamides is 1. The molecule has 1 heterocycles. The molecule has 0 amide bonds. The maximum absolute atomic E-state index is 13.3. The predicted molar refractivity (Wildman–Crippen MR) is 95.0 cm³/mol. The Hall–Kier alpha value is -1.51. The van der Waals surface area contributed by atoms with Gasteiger partial charge in [-0.25, -0.2) is 8.42 Å². The van der Waals surface area contributed by atoms with Crippen LogP contribution in [-0.4, -0.2) is 54.3 Å². The van der Waals surface area contributed by atoms with Gasteiger partial charge >= 0.3 is 0 Å². The fraction of sp³-hybridized carbons (Fsp3) is 0.647. The van der Waals surface area contributed by atoms with Gasteiger partial charge in [0.2, 0.25) is 10.0 Å². The quantitative estimate of drug-likeness (QED) is 0.570. The van der Waals surface area contributed by atoms with Crippen molar-refractivity contribution in [3.63, 3.8) is 0 Å². The molecule has 0 bridgehead atoms. The number of rotatable bonds is 6. The fourth-order valence-corrected chi connectivity index (χ4v) is 5.78. The minimum absolute atomic E-state index is 0.0148. The van der Waals surface area contributed by atoms with Gasteiger partial charge in [-0.2, -0.15) is 4.31 Å². The van der Waals surface area contributed by atoms with Crippen molar-refractivity contribution in [3.05, 3.63) is 33.9 Å². The van der Waals surface area contributed by atoms with Gasteiger partial charge in [0.1, 0.15) is 0 Å². The molecule has 25 heavy (non-hydrogen) atoms. The highest BCUT2D eigenvalue weighted by molar-refractivity contribution is 7.89. The molecule has 0 spiro atoms. The van der Waals surface area contributed by atoms with E-state index in [9.17, 15) is 18.5 Å². The van der Waals surface area contributed by atoms with E-state index >= 15 is 0 Å². The molecule has 7 nitrogen and oxygen atoms in total. The van der Waals surface area contributed by atoms with E-state index in [2.05, 4.69) is 11.8 Å². The number of aryl methyl sites for hydroxylation is 1. The average molecular weight is 367 g/mol. The third-order valence-corrected chi connectivity index (χ3v) is 7.36. The summed E-state index contributed by atoms with van der Waals surface area (Å²) in [6.45, 7) is 6.58. The van der Waals surface area contributed by atoms with Crippen molar-refractivity contribution < 1.29 is 13.3 Å². The molecule has 0 unspecified atom stereocenters. The van der Waals surface area contributed by atoms with Crippen molar-refractivity contribution in [2.24, 2.45) is 0 Å². The van der Waals surface area contributed by atoms with Crippen LogP contribution in [0.1, 0.15) is 38.2 Å². The second-order valence-corrected chi connectivity index (χ2v) is 8.75. The molecule has 0 N–H and O–H groups in total. The first kappa shape index (κ1) is 18.3. The second kappa shape index (κ2) is 7.01. The molecule has 1 saturated heterocycles. The molecule has 2 fully saturated rings. The summed E-state index contributed by atoms with van der Waals surface area (Å²) < 4.78 is 28.4. The Morgan fingerprint density at radius 2 is 1.80 bits per heavy atom. The van der Waals surface area contributed by atoms with E-state index < -0.39 is 14.9 Å². The summed E-state index contributed by atoms with van der Waals surface area (Å²) in [4.78, 5) is 12.9. The Balaban J connectivity index is 1.93. The highest BCUT2D eigenvalue weighted by Gasteiger charge is 2.44. The van der Waals surface area contributed by atoms with E-state index in [1.165, 1.54) is 18.2 Å². The number of non-ortho nitro benzene ring substituents is 1. The van der Waals surface area contributed by atoms with Crippen LogP contribution in [0.5, 0.6) is 0 Å². The molecule has 1 aliphatic carbocycles. The van der Waals surface area contributed by atoms with Gasteiger partial charge in [-0.05, 0) is 57.8 Å². The van der Waals surface area contributed by atoms with Crippen molar-refractivity contribution in [1.29, 1.82) is 0 Å². The van der Waals surface area contributed by atoms with Crippen LogP contribution < -0.4 is 0 Å². The van der Waals surface area contributed by atoms with Crippen LogP contribution in [0.3, 0.4) is 0 Å². The van der Waals surface area contributed by atoms with Crippen LogP contribution in [0, 0.1) is 17.0 Å². The zero-order valence-electron chi connectivity index (χ0n) is 14.7. The summed E-state index contributed by atoms with van der Waals surface area (Å²) >= 11 is 0. The number of benzene rings is 1. The van der Waals surface area contributed by atoms with Gasteiger partial charge in [0.05, 0.1) is 9.82 Å². The molecule has 1 aromatic rings. The molecule has 0 atom stereocenters. The maximum Gasteiger partial charge on any atom is 0.270 e. The summed E-state index contributed by atoms with van der Waals surface area (Å²) in [5, 5.41) is 11.1. The third-order valence-electron chi connectivity index (χ3n) is 5.21. The van der Waals surface area contributed by atoms with Crippen LogP contribution in [-0.2, 0) is 10.0 Å². The van der Waals surface area contributed by atoms with E-state index in [1.54, 1.807) is 11.2 Å². The molecule has 138 valence electrons. The number of hydrogen-bond acceptors (Lipinski definition) is 5. The molecular weight excluding hydrogens is 342 g/mol. The first-order valence-electron chi connectivity index (χ1n) is 8.85. The lowest BCUT2D eigenvalue weighted by Gasteiger charge is -2.37. The van der Waals surface area contributed by atoms with Crippen LogP contribution in [0.15, 0.2) is 23.1 Å². The maximum atomic E-state index is 13.3. The van der Waals surface area contributed by atoms with Crippen LogP contribution in [0.2, 0.25) is 0 Å². The molecule has 1 saturated carbocycles. The lowest BCUT2D eigenvalue weighted by Crippen LogP contribution is -2.48. The minimum atomic E-state index is -3.74. The molecule has 3 rings (SSSR count). The van der Waals surface area contributed by atoms with E-state index in [1.807, 2.05) is 0 Å². The van der Waals surface area contributed by atoms with E-state index in [0.717, 1.165) is 45.3 Å². The number of likely N-dealkylation sites (tertiary alicyclic amines) is 1. The van der Waals surface area contributed by atoms with Gasteiger partial charge in [0.15, 0.2) is 0 Å². The minimum Gasteiger partial charge on any atom is -0.303 e. The summed E-state index contributed by atoms with van der Waals surface area (Å²) in [5.41, 5.74) is 0.378. The summed E-state index contributed by atoms with van der Waals surface area (Å²) in [5.74, 6) is 0. The Bertz CT molecular complexity index is 753. The zero-order chi connectivity index (χ0) is 18.2. The highest BCUT2D eigenvalue weighted by atomic mass is 32.2. The molecular formula is C17H25N3O4S. The average Bonchev–Trinajstić information content (AvgIpc) is 3.40. The van der Waals surface area contributed by atoms with Gasteiger partial charge in [-0.3, -0.25) is 10.1 Å². The van der Waals surface area contributed by atoms with Gasteiger partial charge in [0, 0.05) is 24.2 Å². The standard InChI is InChI=1S/C17H25N3O4S/c1-3-18-10-8-15(9-11-18)19(14-6-7-14)25(23,24)17-12-16(20(21)22)5-4-13(17)2/h4-5,12,14-15H,3,6-11H2,1-2H3. The zero-order valence-corrected chi connectivity index (χ0v) is 15.5. The van der Waals surface area contributed by atoms with Gasteiger partial charge in [-0.15, -0.1) is 0 Å². The van der Waals surface area contributed by atoms with Crippen LogP contribution in [0.4, 0.5) is 5.69 Å². The molecule has 1 aliphatic heterocycles. The number of nitro benzene ring substituents is 1. The number of piperidine rings is 1. The number of nitro groups is 1. The number of hydrogen-bond donors (Lipinski definition) is 0. The lowest BCUT2D eigenvalue weighted by atomic mass is 10.1. The molecule has 2 aliphatic rings. The third kappa shape index (κ3) is 3.70. The number of nitrogens with zero attached hydrogens (tertiary/aromatic N) is 3. The smallest absolute Gasteiger partial charge is 0.270 e. The van der Waals surface area contributed by atoms with Crippen molar-refractivity contribution in [2.75, 3.05) is 19.6 Å². The Kier molecular flexibility index (Phi) is 5.13. The van der Waals surface area contributed by atoms with Crippen LogP contribution >= 0.6 is 0 Å². The topological polar surface area (TPSA) is 83.8 Å². The molecule has 0 radical (unpaired) electrons. The van der Waals surface area contributed by atoms with Gasteiger partial charge in [0.25, 0.3) is 5.69 Å². The van der Waals surface area contributed by atoms with Gasteiger partial charge < -0.3 is 4.90 Å². The van der Waals surface area contributed by atoms with Crippen molar-refractivity contribution in [1.82, 2.24) is 9.21 Å². The SMILES string of the molecule is CCN1CCC(N(C2CC2)S(=O)(=O)c2cc([N+](=O)[O-])ccc2C)CC1. The molecule has 8 heteroatoms. The largest absolute Gasteiger partial charge is 0.303 e. The Morgan fingerprint density at radius 1 is 1.20 bits per heavy atom. The highest BCUT2D eigenvalue weighted by Crippen LogP contribution is 2.38. The summed E-state index contributed by atoms with van der Waals surface area (Å²) in [6, 6.07) is 4.12. The first-order chi connectivity index (χ1) is 11.8. The second-order valence-electron chi connectivity index (χ2n) is 6.94. The van der Waals surface area contributed by atoms with E-state index in [4.69, 9.17) is 0 Å². The Labute approximate surface area is 148 Å². The first-order valence-corrected chi connectivity index (χ1v) is 10.3. The van der Waals surface area contributed by atoms with Gasteiger partial charge in [-0.1, -0.05) is 13.0 Å². The Morgan fingerprint density at radius 3 is 2.32 bits per heavy atom. The lowest BCUT2D eigenvalue weighted by molar-refractivity contribution is -0.385. The van der Waals surface area contributed by atoms with E-state index in [-0.39, 0.29) is 22.7 Å². The fourth-order valence-electron chi connectivity index (χ4n) is 3.60. The van der Waals surface area contributed by atoms with E-state index in [0.29, 0.717) is 5.56 Å². The summed E-state index contributed by atoms with van der Waals surface area (Å²) in [7, 11) is -3.74. The van der Waals surface area contributed by atoms with Crippen LogP contribution in [0.25, 0.3) is 0 Å². The summed E-state index contributed by atoms with van der Waals surface area (Å²) in [6.07, 6.45) is 3.39. The normalized spacial score (nSPS) is 20.1. The predicted octanol–water partition coefficient (Wildman–Crippen LogP) is 2.54. The molecule has 1 aromatic carbocycles.